The molecule has 0 aromatic heterocycles. The lowest BCUT2D eigenvalue weighted by molar-refractivity contribution is 0.465. The van der Waals surface area contributed by atoms with Crippen LogP contribution in [-0.2, 0) is 0 Å². The molecule has 0 saturated heterocycles. The summed E-state index contributed by atoms with van der Waals surface area (Å²) in [6.07, 6.45) is 0. The molecule has 0 aliphatic carbocycles. The standard InChI is InChI=1S/C15H15BrFNO/c1-9-3-6-15(19)12(7-9)10(2)18-11-4-5-13(16)14(17)8-11/h3-8,10,18-19H,1-2H3. The van der Waals surface area contributed by atoms with Crippen molar-refractivity contribution in [3.8, 4) is 5.75 Å². The van der Waals surface area contributed by atoms with E-state index in [9.17, 15) is 9.50 Å². The van der Waals surface area contributed by atoms with Gasteiger partial charge in [-0.25, -0.2) is 4.39 Å². The minimum Gasteiger partial charge on any atom is -0.508 e. The van der Waals surface area contributed by atoms with Crippen molar-refractivity contribution in [2.24, 2.45) is 0 Å². The average Bonchev–Trinajstić information content (AvgIpc) is 2.36. The number of hydrogen-bond donors (Lipinski definition) is 2. The van der Waals surface area contributed by atoms with Gasteiger partial charge in [0.25, 0.3) is 0 Å². The molecule has 0 fully saturated rings. The summed E-state index contributed by atoms with van der Waals surface area (Å²) in [5.74, 6) is -0.0751. The second-order valence-electron chi connectivity index (χ2n) is 4.56. The number of phenols is 1. The largest absolute Gasteiger partial charge is 0.508 e. The van der Waals surface area contributed by atoms with Gasteiger partial charge >= 0.3 is 0 Å². The molecule has 0 spiro atoms. The lowest BCUT2D eigenvalue weighted by Gasteiger charge is -2.17. The summed E-state index contributed by atoms with van der Waals surface area (Å²) < 4.78 is 13.9. The number of rotatable bonds is 3. The van der Waals surface area contributed by atoms with Crippen LogP contribution in [-0.4, -0.2) is 5.11 Å². The zero-order chi connectivity index (χ0) is 14.0. The number of aryl methyl sites for hydroxylation is 1. The third-order valence-electron chi connectivity index (χ3n) is 2.95. The molecule has 1 unspecified atom stereocenters. The minimum atomic E-state index is -0.314. The quantitative estimate of drug-likeness (QED) is 0.852. The maximum absolute atomic E-state index is 13.4. The molecule has 0 heterocycles. The van der Waals surface area contributed by atoms with Gasteiger partial charge in [0.05, 0.1) is 10.5 Å². The van der Waals surface area contributed by atoms with Crippen LogP contribution in [0.1, 0.15) is 24.1 Å². The molecule has 0 aliphatic rings. The van der Waals surface area contributed by atoms with Gasteiger partial charge in [-0.05, 0) is 54.0 Å². The molecule has 2 rings (SSSR count). The maximum atomic E-state index is 13.4. The van der Waals surface area contributed by atoms with Gasteiger partial charge in [-0.15, -0.1) is 0 Å². The zero-order valence-corrected chi connectivity index (χ0v) is 12.3. The molecule has 2 aromatic carbocycles. The fourth-order valence-corrected chi connectivity index (χ4v) is 2.18. The van der Waals surface area contributed by atoms with Crippen LogP contribution in [0, 0.1) is 12.7 Å². The number of benzene rings is 2. The number of halogens is 2. The van der Waals surface area contributed by atoms with Crippen molar-refractivity contribution in [2.45, 2.75) is 19.9 Å². The highest BCUT2D eigenvalue weighted by molar-refractivity contribution is 9.10. The van der Waals surface area contributed by atoms with Crippen LogP contribution >= 0.6 is 15.9 Å². The van der Waals surface area contributed by atoms with Crippen molar-refractivity contribution >= 4 is 21.6 Å². The molecule has 2 N–H and O–H groups in total. The smallest absolute Gasteiger partial charge is 0.139 e. The average molecular weight is 324 g/mol. The second kappa shape index (κ2) is 5.61. The second-order valence-corrected chi connectivity index (χ2v) is 5.41. The van der Waals surface area contributed by atoms with Gasteiger partial charge in [0.1, 0.15) is 11.6 Å². The van der Waals surface area contributed by atoms with E-state index in [-0.39, 0.29) is 17.6 Å². The molecule has 2 nitrogen and oxygen atoms in total. The summed E-state index contributed by atoms with van der Waals surface area (Å²) in [5, 5.41) is 13.0. The summed E-state index contributed by atoms with van der Waals surface area (Å²) in [7, 11) is 0. The molecule has 0 bridgehead atoms. The highest BCUT2D eigenvalue weighted by atomic mass is 79.9. The first-order valence-corrected chi connectivity index (χ1v) is 6.78. The Morgan fingerprint density at radius 3 is 2.63 bits per heavy atom. The third kappa shape index (κ3) is 3.26. The Hall–Kier alpha value is -1.55. The van der Waals surface area contributed by atoms with Crippen LogP contribution in [0.5, 0.6) is 5.75 Å². The molecule has 0 saturated carbocycles. The van der Waals surface area contributed by atoms with Gasteiger partial charge in [0.15, 0.2) is 0 Å². The summed E-state index contributed by atoms with van der Waals surface area (Å²) in [6.45, 7) is 3.89. The first kappa shape index (κ1) is 13.9. The number of aromatic hydroxyl groups is 1. The lowest BCUT2D eigenvalue weighted by atomic mass is 10.0. The topological polar surface area (TPSA) is 32.3 Å². The Morgan fingerprint density at radius 1 is 1.21 bits per heavy atom. The molecular formula is C15H15BrFNO. The molecule has 0 amide bonds. The van der Waals surface area contributed by atoms with Crippen LogP contribution in [0.4, 0.5) is 10.1 Å². The molecule has 0 radical (unpaired) electrons. The molecular weight excluding hydrogens is 309 g/mol. The van der Waals surface area contributed by atoms with Crippen LogP contribution in [0.3, 0.4) is 0 Å². The van der Waals surface area contributed by atoms with Gasteiger partial charge in [0.2, 0.25) is 0 Å². The fraction of sp³-hybridized carbons (Fsp3) is 0.200. The molecule has 0 aliphatic heterocycles. The fourth-order valence-electron chi connectivity index (χ4n) is 1.93. The van der Waals surface area contributed by atoms with Crippen molar-refractivity contribution in [3.63, 3.8) is 0 Å². The Labute approximate surface area is 120 Å². The highest BCUT2D eigenvalue weighted by Gasteiger charge is 2.11. The van der Waals surface area contributed by atoms with Gasteiger partial charge in [-0.2, -0.15) is 0 Å². The van der Waals surface area contributed by atoms with Crippen LogP contribution < -0.4 is 5.32 Å². The van der Waals surface area contributed by atoms with Crippen LogP contribution in [0.2, 0.25) is 0 Å². The summed E-state index contributed by atoms with van der Waals surface area (Å²) in [4.78, 5) is 0. The Bertz CT molecular complexity index is 601. The van der Waals surface area contributed by atoms with E-state index in [0.29, 0.717) is 10.2 Å². The number of phenolic OH excluding ortho intramolecular Hbond substituents is 1. The first-order valence-electron chi connectivity index (χ1n) is 5.98. The Kier molecular flexibility index (Phi) is 4.10. The van der Waals surface area contributed by atoms with E-state index >= 15 is 0 Å². The van der Waals surface area contributed by atoms with E-state index in [2.05, 4.69) is 21.2 Å². The predicted molar refractivity (Wildman–Crippen MR) is 79.0 cm³/mol. The van der Waals surface area contributed by atoms with E-state index in [1.807, 2.05) is 26.0 Å². The van der Waals surface area contributed by atoms with E-state index in [1.165, 1.54) is 6.07 Å². The molecule has 2 aromatic rings. The van der Waals surface area contributed by atoms with Crippen molar-refractivity contribution in [1.82, 2.24) is 0 Å². The van der Waals surface area contributed by atoms with Crippen LogP contribution in [0.25, 0.3) is 0 Å². The van der Waals surface area contributed by atoms with E-state index < -0.39 is 0 Å². The third-order valence-corrected chi connectivity index (χ3v) is 3.60. The predicted octanol–water partition coefficient (Wildman–Crippen LogP) is 4.78. The van der Waals surface area contributed by atoms with E-state index in [1.54, 1.807) is 18.2 Å². The van der Waals surface area contributed by atoms with Crippen molar-refractivity contribution < 1.29 is 9.50 Å². The normalized spacial score (nSPS) is 12.2. The summed E-state index contributed by atoms with van der Waals surface area (Å²) in [5.41, 5.74) is 2.54. The van der Waals surface area contributed by atoms with E-state index in [0.717, 1.165) is 11.1 Å². The molecule has 1 atom stereocenters. The number of anilines is 1. The minimum absolute atomic E-state index is 0.111. The monoisotopic (exact) mass is 323 g/mol. The van der Waals surface area contributed by atoms with E-state index in [4.69, 9.17) is 0 Å². The molecule has 4 heteroatoms. The Balaban J connectivity index is 2.22. The van der Waals surface area contributed by atoms with Gasteiger partial charge < -0.3 is 10.4 Å². The van der Waals surface area contributed by atoms with Crippen molar-refractivity contribution in [1.29, 1.82) is 0 Å². The summed E-state index contributed by atoms with van der Waals surface area (Å²) >= 11 is 3.12. The maximum Gasteiger partial charge on any atom is 0.139 e. The molecule has 100 valence electrons. The van der Waals surface area contributed by atoms with Crippen LogP contribution in [0.15, 0.2) is 40.9 Å². The van der Waals surface area contributed by atoms with Crippen molar-refractivity contribution in [3.05, 3.63) is 57.8 Å². The Morgan fingerprint density at radius 2 is 1.95 bits per heavy atom. The molecule has 19 heavy (non-hydrogen) atoms. The number of hydrogen-bond acceptors (Lipinski definition) is 2. The first-order chi connectivity index (χ1) is 8.97. The van der Waals surface area contributed by atoms with Gasteiger partial charge in [-0.1, -0.05) is 17.7 Å². The highest BCUT2D eigenvalue weighted by Crippen LogP contribution is 2.28. The lowest BCUT2D eigenvalue weighted by Crippen LogP contribution is -2.07. The zero-order valence-electron chi connectivity index (χ0n) is 10.7. The van der Waals surface area contributed by atoms with Gasteiger partial charge in [0, 0.05) is 11.3 Å². The number of nitrogens with one attached hydrogen (secondary N) is 1. The van der Waals surface area contributed by atoms with Crippen molar-refractivity contribution in [2.75, 3.05) is 5.32 Å². The SMILES string of the molecule is Cc1ccc(O)c(C(C)Nc2ccc(Br)c(F)c2)c1. The summed E-state index contributed by atoms with van der Waals surface area (Å²) in [6, 6.07) is 10.2. The van der Waals surface area contributed by atoms with Gasteiger partial charge in [-0.3, -0.25) is 0 Å².